The van der Waals surface area contributed by atoms with E-state index in [4.69, 9.17) is 0 Å². The van der Waals surface area contributed by atoms with Gasteiger partial charge in [0.25, 0.3) is 11.6 Å². The number of rotatable bonds is 8. The second kappa shape index (κ2) is 7.06. The maximum absolute atomic E-state index is 12.0. The molecule has 1 fully saturated rings. The van der Waals surface area contributed by atoms with E-state index in [-0.39, 0.29) is 11.6 Å². The van der Waals surface area contributed by atoms with Gasteiger partial charge in [-0.15, -0.1) is 0 Å². The third-order valence-electron chi connectivity index (χ3n) is 3.46. The lowest BCUT2D eigenvalue weighted by Gasteiger charge is -2.08. The molecule has 0 aromatic heterocycles. The van der Waals surface area contributed by atoms with Crippen LogP contribution >= 0.6 is 0 Å². The second-order valence-electron chi connectivity index (χ2n) is 5.37. The number of unbranched alkanes of at least 4 members (excludes halogenated alkanes) is 2. The van der Waals surface area contributed by atoms with Crippen LogP contribution in [0.1, 0.15) is 49.4 Å². The number of benzene rings is 1. The van der Waals surface area contributed by atoms with Crippen LogP contribution in [0.3, 0.4) is 0 Å². The van der Waals surface area contributed by atoms with E-state index in [9.17, 15) is 14.9 Å². The van der Waals surface area contributed by atoms with E-state index in [2.05, 4.69) is 17.6 Å². The van der Waals surface area contributed by atoms with Crippen molar-refractivity contribution in [1.29, 1.82) is 0 Å². The van der Waals surface area contributed by atoms with Gasteiger partial charge in [0.05, 0.1) is 4.92 Å². The van der Waals surface area contributed by atoms with Crippen molar-refractivity contribution in [3.63, 3.8) is 0 Å². The Morgan fingerprint density at radius 2 is 2.14 bits per heavy atom. The van der Waals surface area contributed by atoms with E-state index in [1.807, 2.05) is 0 Å². The van der Waals surface area contributed by atoms with Gasteiger partial charge in [-0.1, -0.05) is 19.8 Å². The van der Waals surface area contributed by atoms with Gasteiger partial charge < -0.3 is 10.6 Å². The Bertz CT molecular complexity index is 527. The smallest absolute Gasteiger partial charge is 0.293 e. The predicted molar refractivity (Wildman–Crippen MR) is 81.6 cm³/mol. The quantitative estimate of drug-likeness (QED) is 0.438. The molecule has 1 aliphatic carbocycles. The van der Waals surface area contributed by atoms with Gasteiger partial charge in [-0.2, -0.15) is 0 Å². The average molecular weight is 291 g/mol. The van der Waals surface area contributed by atoms with Crippen LogP contribution in [0.15, 0.2) is 18.2 Å². The summed E-state index contributed by atoms with van der Waals surface area (Å²) in [4.78, 5) is 22.7. The first-order valence-electron chi connectivity index (χ1n) is 7.45. The van der Waals surface area contributed by atoms with Crippen LogP contribution in [0.5, 0.6) is 0 Å². The highest BCUT2D eigenvalue weighted by molar-refractivity contribution is 5.95. The van der Waals surface area contributed by atoms with Gasteiger partial charge in [-0.05, 0) is 31.4 Å². The Morgan fingerprint density at radius 3 is 2.76 bits per heavy atom. The Hall–Kier alpha value is -2.11. The van der Waals surface area contributed by atoms with Gasteiger partial charge in [-0.25, -0.2) is 0 Å². The van der Waals surface area contributed by atoms with E-state index in [0.717, 1.165) is 32.1 Å². The number of nitrogens with zero attached hydrogens (tertiary/aromatic N) is 1. The minimum Gasteiger partial charge on any atom is -0.377 e. The summed E-state index contributed by atoms with van der Waals surface area (Å²) in [6, 6.07) is 4.93. The first-order valence-corrected chi connectivity index (χ1v) is 7.45. The maximum Gasteiger partial charge on any atom is 0.293 e. The number of carbonyl (C=O) groups excluding carboxylic acids is 1. The van der Waals surface area contributed by atoms with Crippen molar-refractivity contribution < 1.29 is 9.72 Å². The molecule has 2 rings (SSSR count). The molecule has 21 heavy (non-hydrogen) atoms. The van der Waals surface area contributed by atoms with Crippen molar-refractivity contribution in [3.05, 3.63) is 33.9 Å². The number of hydrogen-bond acceptors (Lipinski definition) is 4. The number of nitro benzene ring substituents is 1. The fourth-order valence-electron chi connectivity index (χ4n) is 2.07. The van der Waals surface area contributed by atoms with Gasteiger partial charge in [0.15, 0.2) is 0 Å². The molecule has 0 saturated heterocycles. The number of anilines is 1. The third-order valence-corrected chi connectivity index (χ3v) is 3.46. The highest BCUT2D eigenvalue weighted by atomic mass is 16.6. The molecule has 1 amide bonds. The minimum atomic E-state index is -0.446. The molecule has 6 heteroatoms. The predicted octanol–water partition coefficient (Wildman–Crippen LogP) is 3.09. The van der Waals surface area contributed by atoms with Crippen molar-refractivity contribution in [1.82, 2.24) is 5.32 Å². The molecule has 0 aliphatic heterocycles. The van der Waals surface area contributed by atoms with Crippen molar-refractivity contribution in [2.24, 2.45) is 0 Å². The number of carbonyl (C=O) groups is 1. The van der Waals surface area contributed by atoms with Gasteiger partial charge in [0.2, 0.25) is 0 Å². The van der Waals surface area contributed by atoms with Crippen molar-refractivity contribution in [2.45, 2.75) is 45.1 Å². The Labute approximate surface area is 124 Å². The molecular formula is C15H21N3O3. The van der Waals surface area contributed by atoms with Crippen LogP contribution in [0.4, 0.5) is 11.4 Å². The lowest BCUT2D eigenvalue weighted by atomic mass is 10.1. The normalized spacial score (nSPS) is 13.8. The number of nitrogens with one attached hydrogen (secondary N) is 2. The largest absolute Gasteiger partial charge is 0.377 e. The first kappa shape index (κ1) is 15.3. The van der Waals surface area contributed by atoms with Gasteiger partial charge in [0.1, 0.15) is 5.69 Å². The summed E-state index contributed by atoms with van der Waals surface area (Å²) < 4.78 is 0. The van der Waals surface area contributed by atoms with Crippen molar-refractivity contribution in [2.75, 3.05) is 11.9 Å². The molecular weight excluding hydrogens is 270 g/mol. The summed E-state index contributed by atoms with van der Waals surface area (Å²) in [5, 5.41) is 17.0. The van der Waals surface area contributed by atoms with E-state index in [1.54, 1.807) is 12.1 Å². The molecule has 1 aliphatic rings. The van der Waals surface area contributed by atoms with Crippen molar-refractivity contribution >= 4 is 17.3 Å². The van der Waals surface area contributed by atoms with Gasteiger partial charge in [-0.3, -0.25) is 14.9 Å². The molecule has 0 bridgehead atoms. The fraction of sp³-hybridized carbons (Fsp3) is 0.533. The fourth-order valence-corrected chi connectivity index (χ4v) is 2.07. The molecule has 1 aromatic rings. The summed E-state index contributed by atoms with van der Waals surface area (Å²) in [7, 11) is 0. The average Bonchev–Trinajstić information content (AvgIpc) is 3.27. The number of amides is 1. The summed E-state index contributed by atoms with van der Waals surface area (Å²) in [6.07, 6.45) is 5.15. The van der Waals surface area contributed by atoms with Crippen molar-refractivity contribution in [3.8, 4) is 0 Å². The molecule has 0 heterocycles. The summed E-state index contributed by atoms with van der Waals surface area (Å²) in [6.45, 7) is 2.69. The van der Waals surface area contributed by atoms with Crippen LogP contribution in [0.2, 0.25) is 0 Å². The minimum absolute atomic E-state index is 0.0388. The maximum atomic E-state index is 12.0. The Balaban J connectivity index is 2.03. The van der Waals surface area contributed by atoms with Crippen LogP contribution < -0.4 is 10.6 Å². The third kappa shape index (κ3) is 4.44. The summed E-state index contributed by atoms with van der Waals surface area (Å²) >= 11 is 0. The lowest BCUT2D eigenvalue weighted by Crippen LogP contribution is -2.24. The molecule has 114 valence electrons. The monoisotopic (exact) mass is 291 g/mol. The SMILES string of the molecule is CCCCCNC(=O)c1ccc(NC2CC2)c([N+](=O)[O-])c1. The number of nitro groups is 1. The highest BCUT2D eigenvalue weighted by Gasteiger charge is 2.25. The molecule has 1 aromatic carbocycles. The molecule has 0 atom stereocenters. The van der Waals surface area contributed by atoms with E-state index < -0.39 is 4.92 Å². The Morgan fingerprint density at radius 1 is 1.38 bits per heavy atom. The molecule has 0 spiro atoms. The first-order chi connectivity index (χ1) is 10.1. The topological polar surface area (TPSA) is 84.3 Å². The van der Waals surface area contributed by atoms with E-state index >= 15 is 0 Å². The zero-order valence-corrected chi connectivity index (χ0v) is 12.2. The van der Waals surface area contributed by atoms with Crippen LogP contribution in [-0.4, -0.2) is 23.4 Å². The van der Waals surface area contributed by atoms with E-state index in [0.29, 0.717) is 23.8 Å². The second-order valence-corrected chi connectivity index (χ2v) is 5.37. The van der Waals surface area contributed by atoms with Gasteiger partial charge in [0, 0.05) is 24.2 Å². The van der Waals surface area contributed by atoms with Crippen LogP contribution in [0, 0.1) is 10.1 Å². The standard InChI is InChI=1S/C15H21N3O3/c1-2-3-4-9-16-15(19)11-5-8-13(17-12-6-7-12)14(10-11)18(20)21/h5,8,10,12,17H,2-4,6-7,9H2,1H3,(H,16,19). The summed E-state index contributed by atoms with van der Waals surface area (Å²) in [5.74, 6) is -0.257. The molecule has 0 radical (unpaired) electrons. The summed E-state index contributed by atoms with van der Waals surface area (Å²) in [5.41, 5.74) is 0.785. The zero-order valence-electron chi connectivity index (χ0n) is 12.2. The molecule has 6 nitrogen and oxygen atoms in total. The van der Waals surface area contributed by atoms with Crippen LogP contribution in [-0.2, 0) is 0 Å². The zero-order chi connectivity index (χ0) is 15.2. The lowest BCUT2D eigenvalue weighted by molar-refractivity contribution is -0.384. The molecule has 0 unspecified atom stereocenters. The highest BCUT2D eigenvalue weighted by Crippen LogP contribution is 2.31. The van der Waals surface area contributed by atoms with Gasteiger partial charge >= 0.3 is 0 Å². The molecule has 1 saturated carbocycles. The van der Waals surface area contributed by atoms with Crippen LogP contribution in [0.25, 0.3) is 0 Å². The Kier molecular flexibility index (Phi) is 5.14. The molecule has 2 N–H and O–H groups in total. The number of hydrogen-bond donors (Lipinski definition) is 2. The van der Waals surface area contributed by atoms with E-state index in [1.165, 1.54) is 6.07 Å².